The molecule has 0 aliphatic rings. The standard InChI is InChI=1S/Ce.N3/c;1-3-2/q+1;-1. The van der Waals surface area contributed by atoms with Crippen molar-refractivity contribution in [2.45, 2.75) is 0 Å². The first-order valence-electron chi connectivity index (χ1n) is 0.624. The van der Waals surface area contributed by atoms with E-state index in [2.05, 4.69) is 5.99 Å². The molecule has 0 radical (unpaired) electrons. The Labute approximate surface area is 51.0 Å². The van der Waals surface area contributed by atoms with Crippen LogP contribution in [0, 0.1) is 40.0 Å². The molecule has 0 N–H and O–H groups in total. The summed E-state index contributed by atoms with van der Waals surface area (Å²) < 4.78 is 3.06. The van der Waals surface area contributed by atoms with Gasteiger partial charge in [0.05, 0.1) is 0 Å². The van der Waals surface area contributed by atoms with E-state index in [9.17, 15) is 0 Å². The molecule has 0 aliphatic carbocycles. The first-order chi connectivity index (χ1) is 1.91. The Morgan fingerprint density at radius 1 is 2.00 bits per heavy atom. The monoisotopic (exact) mass is 182 g/mol. The average molecular weight is 182 g/mol. The molecule has 3 nitrogen and oxygen atoms in total. The molecular formula is CeN3. The van der Waals surface area contributed by atoms with Gasteiger partial charge >= 0.3 is 51.6 Å². The molecule has 0 aromatic heterocycles. The summed E-state index contributed by atoms with van der Waals surface area (Å²) in [7, 11) is 0. The van der Waals surface area contributed by atoms with Gasteiger partial charge in [-0.15, -0.1) is 0 Å². The fourth-order valence-corrected chi connectivity index (χ4v) is 0. The molecule has 0 aliphatic heterocycles. The van der Waals surface area contributed by atoms with Crippen molar-refractivity contribution in [2.75, 3.05) is 0 Å². The molecule has 0 amide bonds. The molecule has 0 saturated heterocycles. The van der Waals surface area contributed by atoms with Crippen molar-refractivity contribution in [2.24, 2.45) is 1.08 Å². The molecular weight excluding hydrogens is 182 g/mol. The fraction of sp³-hybridized carbons (Fsp3) is 0. The second kappa shape index (κ2) is 3.69. The molecule has 4 heavy (non-hydrogen) atoms. The van der Waals surface area contributed by atoms with Crippen molar-refractivity contribution in [1.29, 1.82) is 0 Å². The summed E-state index contributed by atoms with van der Waals surface area (Å²) >= 11 is 0.598. The van der Waals surface area contributed by atoms with Gasteiger partial charge in [-0.1, -0.05) is 0 Å². The minimum absolute atomic E-state index is 0.598. The molecule has 0 aromatic carbocycles. The number of nitrogens with zero attached hydrogens (tertiary/aromatic N) is 3. The summed E-state index contributed by atoms with van der Waals surface area (Å²) in [6.07, 6.45) is 0. The number of azide groups is 1. The van der Waals surface area contributed by atoms with E-state index in [4.69, 9.17) is 5.53 Å². The van der Waals surface area contributed by atoms with E-state index >= 15 is 0 Å². The quantitative estimate of drug-likeness (QED) is 0.302. The number of rotatable bonds is 0. The van der Waals surface area contributed by atoms with Crippen molar-refractivity contribution in [1.82, 2.24) is 0 Å². The van der Waals surface area contributed by atoms with Crippen LogP contribution < -0.4 is 0 Å². The Balaban J connectivity index is 3.11. The van der Waals surface area contributed by atoms with E-state index in [1.807, 2.05) is 0 Å². The van der Waals surface area contributed by atoms with E-state index in [1.165, 1.54) is 0 Å². The van der Waals surface area contributed by atoms with Gasteiger partial charge in [-0.25, -0.2) is 0 Å². The van der Waals surface area contributed by atoms with Crippen molar-refractivity contribution >= 4 is 0 Å². The van der Waals surface area contributed by atoms with Crippen LogP contribution in [0.1, 0.15) is 0 Å². The minimum atomic E-state index is 0.598. The van der Waals surface area contributed by atoms with Crippen LogP contribution in [0.15, 0.2) is 1.08 Å². The predicted molar refractivity (Wildman–Crippen MR) is 9.15 cm³/mol. The van der Waals surface area contributed by atoms with Crippen LogP contribution in [0.2, 0.25) is 0 Å². The predicted octanol–water partition coefficient (Wildman–Crippen LogP) is 0.761. The van der Waals surface area contributed by atoms with Gasteiger partial charge in [0, 0.05) is 0 Å². The van der Waals surface area contributed by atoms with E-state index in [-0.39, 0.29) is 0 Å². The second-order valence-corrected chi connectivity index (χ2v) is 0.817. The zero-order chi connectivity index (χ0) is 3.41. The van der Waals surface area contributed by atoms with Crippen LogP contribution in [0.5, 0.6) is 0 Å². The topological polar surface area (TPSA) is 48.8 Å². The summed E-state index contributed by atoms with van der Waals surface area (Å²) in [5.74, 6) is 0. The molecule has 4 heteroatoms. The summed E-state index contributed by atoms with van der Waals surface area (Å²) in [5, 5.41) is 0. The Morgan fingerprint density at radius 2 is 2.25 bits per heavy atom. The Bertz CT molecular complexity index is 41.2. The SMILES string of the molecule is [N-]=[N+]=[N][Ce]. The maximum atomic E-state index is 7.37. The van der Waals surface area contributed by atoms with Gasteiger partial charge in [-0.2, -0.15) is 0 Å². The first-order valence-corrected chi connectivity index (χ1v) is 2.03. The summed E-state index contributed by atoms with van der Waals surface area (Å²) in [6, 6.07) is 0. The average Bonchev–Trinajstić information content (AvgIpc) is 1.37. The molecule has 0 saturated carbocycles. The van der Waals surface area contributed by atoms with Crippen molar-refractivity contribution in [3.63, 3.8) is 0 Å². The van der Waals surface area contributed by atoms with Gasteiger partial charge in [0.2, 0.25) is 0 Å². The van der Waals surface area contributed by atoms with Crippen LogP contribution >= 0.6 is 0 Å². The van der Waals surface area contributed by atoms with E-state index < -0.39 is 0 Å². The summed E-state index contributed by atoms with van der Waals surface area (Å²) in [4.78, 5) is 2.42. The van der Waals surface area contributed by atoms with Crippen LogP contribution in [-0.2, 0) is 0 Å². The third-order valence-corrected chi connectivity index (χ3v) is 0.326. The van der Waals surface area contributed by atoms with Crippen molar-refractivity contribution in [3.05, 3.63) is 10.4 Å². The van der Waals surface area contributed by atoms with Gasteiger partial charge in [-0.05, 0) is 0 Å². The van der Waals surface area contributed by atoms with Crippen LogP contribution in [0.3, 0.4) is 0 Å². The number of hydrogen-bond donors (Lipinski definition) is 0. The Hall–Kier alpha value is 0.687. The normalized spacial score (nSPS) is 3.75. The fourth-order valence-electron chi connectivity index (χ4n) is 0. The van der Waals surface area contributed by atoms with Gasteiger partial charge < -0.3 is 0 Å². The molecule has 19 valence electrons. The Kier molecular flexibility index (Phi) is 4.32. The third-order valence-electron chi connectivity index (χ3n) is 0.0447. The first kappa shape index (κ1) is 4.69. The van der Waals surface area contributed by atoms with Gasteiger partial charge in [0.25, 0.3) is 0 Å². The molecule has 0 bridgehead atoms. The summed E-state index contributed by atoms with van der Waals surface area (Å²) in [5.41, 5.74) is 7.37. The van der Waals surface area contributed by atoms with E-state index in [0.717, 1.165) is 0 Å². The van der Waals surface area contributed by atoms with Gasteiger partial charge in [0.15, 0.2) is 0 Å². The zero-order valence-electron chi connectivity index (χ0n) is 1.84. The van der Waals surface area contributed by atoms with Gasteiger partial charge in [-0.3, -0.25) is 0 Å². The molecule has 0 unspecified atom stereocenters. The van der Waals surface area contributed by atoms with Crippen molar-refractivity contribution < 1.29 is 40.0 Å². The molecule has 0 spiro atoms. The second-order valence-electron chi connectivity index (χ2n) is 0.189. The third kappa shape index (κ3) is 2.69. The number of hydrogen-bond acceptors (Lipinski definition) is 1. The molecule has 0 fully saturated rings. The Morgan fingerprint density at radius 3 is 2.25 bits per heavy atom. The molecule has 0 atom stereocenters. The maximum absolute atomic E-state index is 7.37. The van der Waals surface area contributed by atoms with Crippen LogP contribution in [0.4, 0.5) is 0 Å². The zero-order valence-corrected chi connectivity index (χ0v) is 4.98. The molecule has 0 rings (SSSR count). The van der Waals surface area contributed by atoms with E-state index in [0.29, 0.717) is 40.0 Å². The van der Waals surface area contributed by atoms with E-state index in [1.54, 1.807) is 0 Å². The van der Waals surface area contributed by atoms with Crippen molar-refractivity contribution in [3.8, 4) is 0 Å². The van der Waals surface area contributed by atoms with Gasteiger partial charge in [0.1, 0.15) is 0 Å². The molecule has 0 heterocycles. The molecule has 0 aromatic rings. The van der Waals surface area contributed by atoms with Crippen LogP contribution in [-0.4, -0.2) is 0 Å². The summed E-state index contributed by atoms with van der Waals surface area (Å²) in [6.45, 7) is 0. The van der Waals surface area contributed by atoms with Crippen LogP contribution in [0.25, 0.3) is 10.4 Å².